The SMILES string of the molecule is CCOc1ccc(-c2nc(NC(=O)CN)sc2C)cc1Cl. The number of hydrogen-bond donors (Lipinski definition) is 2. The first-order chi connectivity index (χ1) is 10.0. The van der Waals surface area contributed by atoms with E-state index < -0.39 is 0 Å². The predicted molar refractivity (Wildman–Crippen MR) is 86.2 cm³/mol. The third kappa shape index (κ3) is 3.72. The zero-order chi connectivity index (χ0) is 15.4. The van der Waals surface area contributed by atoms with Gasteiger partial charge in [-0.3, -0.25) is 4.79 Å². The first kappa shape index (κ1) is 15.8. The van der Waals surface area contributed by atoms with E-state index in [1.807, 2.05) is 32.0 Å². The highest BCUT2D eigenvalue weighted by molar-refractivity contribution is 7.16. The number of thiazole rings is 1. The monoisotopic (exact) mass is 325 g/mol. The number of halogens is 1. The molecule has 0 spiro atoms. The van der Waals surface area contributed by atoms with Crippen molar-refractivity contribution in [3.05, 3.63) is 28.1 Å². The molecule has 0 aliphatic rings. The molecule has 2 rings (SSSR count). The predicted octanol–water partition coefficient (Wildman–Crippen LogP) is 3.07. The lowest BCUT2D eigenvalue weighted by Crippen LogP contribution is -2.21. The van der Waals surface area contributed by atoms with Crippen LogP contribution >= 0.6 is 22.9 Å². The molecule has 112 valence electrons. The number of benzene rings is 1. The highest BCUT2D eigenvalue weighted by Gasteiger charge is 2.13. The van der Waals surface area contributed by atoms with E-state index in [2.05, 4.69) is 10.3 Å². The van der Waals surface area contributed by atoms with Crippen molar-refractivity contribution in [3.63, 3.8) is 0 Å². The number of ether oxygens (including phenoxy) is 1. The van der Waals surface area contributed by atoms with Crippen LogP contribution in [0.3, 0.4) is 0 Å². The standard InChI is InChI=1S/C14H16ClN3O2S/c1-3-20-11-5-4-9(6-10(11)15)13-8(2)21-14(18-13)17-12(19)7-16/h4-6H,3,7,16H2,1-2H3,(H,17,18,19). The highest BCUT2D eigenvalue weighted by Crippen LogP contribution is 2.34. The van der Waals surface area contributed by atoms with Crippen LogP contribution in [0.15, 0.2) is 18.2 Å². The van der Waals surface area contributed by atoms with Gasteiger partial charge in [0.15, 0.2) is 5.13 Å². The van der Waals surface area contributed by atoms with Gasteiger partial charge in [0.05, 0.1) is 23.9 Å². The van der Waals surface area contributed by atoms with Crippen LogP contribution in [0.2, 0.25) is 5.02 Å². The number of rotatable bonds is 5. The van der Waals surface area contributed by atoms with Gasteiger partial charge in [0.25, 0.3) is 0 Å². The van der Waals surface area contributed by atoms with E-state index in [9.17, 15) is 4.79 Å². The molecule has 0 saturated heterocycles. The van der Waals surface area contributed by atoms with E-state index in [1.165, 1.54) is 11.3 Å². The first-order valence-corrected chi connectivity index (χ1v) is 7.64. The van der Waals surface area contributed by atoms with Crippen molar-refractivity contribution in [2.24, 2.45) is 5.73 Å². The number of nitrogens with two attached hydrogens (primary N) is 1. The number of aryl methyl sites for hydroxylation is 1. The van der Waals surface area contributed by atoms with Crippen LogP contribution in [-0.4, -0.2) is 24.0 Å². The van der Waals surface area contributed by atoms with Crippen LogP contribution in [-0.2, 0) is 4.79 Å². The lowest BCUT2D eigenvalue weighted by Gasteiger charge is -2.07. The molecule has 1 amide bonds. The largest absolute Gasteiger partial charge is 0.492 e. The number of anilines is 1. The average Bonchev–Trinajstić information content (AvgIpc) is 2.81. The second-order valence-corrected chi connectivity index (χ2v) is 5.86. The van der Waals surface area contributed by atoms with Crippen LogP contribution in [0, 0.1) is 6.92 Å². The molecule has 0 bridgehead atoms. The maximum atomic E-state index is 11.3. The quantitative estimate of drug-likeness (QED) is 0.885. The molecule has 1 aromatic heterocycles. The van der Waals surface area contributed by atoms with Gasteiger partial charge < -0.3 is 15.8 Å². The summed E-state index contributed by atoms with van der Waals surface area (Å²) in [6, 6.07) is 5.52. The molecular formula is C14H16ClN3O2S. The minimum atomic E-state index is -0.264. The van der Waals surface area contributed by atoms with Gasteiger partial charge in [0, 0.05) is 10.4 Å². The Bertz CT molecular complexity index is 658. The summed E-state index contributed by atoms with van der Waals surface area (Å²) in [6.45, 7) is 4.34. The third-order valence-electron chi connectivity index (χ3n) is 2.73. The maximum absolute atomic E-state index is 11.3. The van der Waals surface area contributed by atoms with Gasteiger partial charge in [-0.15, -0.1) is 11.3 Å². The van der Waals surface area contributed by atoms with Crippen molar-refractivity contribution in [3.8, 4) is 17.0 Å². The topological polar surface area (TPSA) is 77.2 Å². The minimum absolute atomic E-state index is 0.0666. The van der Waals surface area contributed by atoms with Crippen molar-refractivity contribution < 1.29 is 9.53 Å². The summed E-state index contributed by atoms with van der Waals surface area (Å²) in [6.07, 6.45) is 0. The molecule has 0 radical (unpaired) electrons. The Morgan fingerprint density at radius 2 is 2.29 bits per heavy atom. The van der Waals surface area contributed by atoms with Crippen molar-refractivity contribution in [1.82, 2.24) is 4.98 Å². The fourth-order valence-electron chi connectivity index (χ4n) is 1.81. The van der Waals surface area contributed by atoms with Gasteiger partial charge in [-0.2, -0.15) is 0 Å². The fourth-order valence-corrected chi connectivity index (χ4v) is 2.90. The molecule has 0 fully saturated rings. The van der Waals surface area contributed by atoms with Crippen molar-refractivity contribution in [2.45, 2.75) is 13.8 Å². The number of carbonyl (C=O) groups excluding carboxylic acids is 1. The molecule has 21 heavy (non-hydrogen) atoms. The number of aromatic nitrogens is 1. The first-order valence-electron chi connectivity index (χ1n) is 6.45. The summed E-state index contributed by atoms with van der Waals surface area (Å²) in [4.78, 5) is 16.7. The van der Waals surface area contributed by atoms with Gasteiger partial charge in [-0.25, -0.2) is 4.98 Å². The summed E-state index contributed by atoms with van der Waals surface area (Å²) in [7, 11) is 0. The van der Waals surface area contributed by atoms with Crippen LogP contribution in [0.5, 0.6) is 5.75 Å². The molecule has 1 heterocycles. The Kier molecular flexibility index (Phi) is 5.17. The Labute approximate surface area is 132 Å². The number of carbonyl (C=O) groups is 1. The van der Waals surface area contributed by atoms with Crippen molar-refractivity contribution >= 4 is 34.0 Å². The fraction of sp³-hybridized carbons (Fsp3) is 0.286. The van der Waals surface area contributed by atoms with Gasteiger partial charge >= 0.3 is 0 Å². The zero-order valence-corrected chi connectivity index (χ0v) is 13.3. The number of hydrogen-bond acceptors (Lipinski definition) is 5. The van der Waals surface area contributed by atoms with E-state index in [0.717, 1.165) is 16.1 Å². The molecule has 0 atom stereocenters. The summed E-state index contributed by atoms with van der Waals surface area (Å²) >= 11 is 7.59. The second kappa shape index (κ2) is 6.89. The van der Waals surface area contributed by atoms with Crippen molar-refractivity contribution in [2.75, 3.05) is 18.5 Å². The minimum Gasteiger partial charge on any atom is -0.492 e. The molecule has 0 saturated carbocycles. The summed E-state index contributed by atoms with van der Waals surface area (Å²) in [5, 5.41) is 3.72. The second-order valence-electron chi connectivity index (χ2n) is 4.25. The van der Waals surface area contributed by atoms with Gasteiger partial charge in [0.2, 0.25) is 5.91 Å². The Morgan fingerprint density at radius 3 is 2.90 bits per heavy atom. The van der Waals surface area contributed by atoms with Gasteiger partial charge in [-0.05, 0) is 32.0 Å². The molecular weight excluding hydrogens is 310 g/mol. The molecule has 0 aliphatic carbocycles. The molecule has 7 heteroatoms. The molecule has 5 nitrogen and oxygen atoms in total. The Hall–Kier alpha value is -1.63. The van der Waals surface area contributed by atoms with Crippen LogP contribution < -0.4 is 15.8 Å². The zero-order valence-electron chi connectivity index (χ0n) is 11.8. The molecule has 0 unspecified atom stereocenters. The van der Waals surface area contributed by atoms with Crippen LogP contribution in [0.1, 0.15) is 11.8 Å². The number of nitrogens with one attached hydrogen (secondary N) is 1. The molecule has 2 aromatic rings. The third-order valence-corrected chi connectivity index (χ3v) is 3.92. The number of amides is 1. The number of nitrogens with zero attached hydrogens (tertiary/aromatic N) is 1. The van der Waals surface area contributed by atoms with E-state index >= 15 is 0 Å². The van der Waals surface area contributed by atoms with Crippen LogP contribution in [0.25, 0.3) is 11.3 Å². The average molecular weight is 326 g/mol. The molecule has 1 aromatic carbocycles. The van der Waals surface area contributed by atoms with Gasteiger partial charge in [0.1, 0.15) is 5.75 Å². The summed E-state index contributed by atoms with van der Waals surface area (Å²) in [5.41, 5.74) is 6.94. The Balaban J connectivity index is 2.29. The van der Waals surface area contributed by atoms with E-state index in [1.54, 1.807) is 0 Å². The normalized spacial score (nSPS) is 10.5. The van der Waals surface area contributed by atoms with E-state index in [0.29, 0.717) is 22.5 Å². The van der Waals surface area contributed by atoms with E-state index in [-0.39, 0.29) is 12.5 Å². The molecule has 0 aliphatic heterocycles. The van der Waals surface area contributed by atoms with E-state index in [4.69, 9.17) is 22.1 Å². The summed E-state index contributed by atoms with van der Waals surface area (Å²) < 4.78 is 5.41. The lowest BCUT2D eigenvalue weighted by atomic mass is 10.1. The highest BCUT2D eigenvalue weighted by atomic mass is 35.5. The molecule has 3 N–H and O–H groups in total. The lowest BCUT2D eigenvalue weighted by molar-refractivity contribution is -0.114. The Morgan fingerprint density at radius 1 is 1.52 bits per heavy atom. The van der Waals surface area contributed by atoms with Gasteiger partial charge in [-0.1, -0.05) is 11.6 Å². The summed E-state index contributed by atoms with van der Waals surface area (Å²) in [5.74, 6) is 0.382. The maximum Gasteiger partial charge on any atom is 0.239 e. The smallest absolute Gasteiger partial charge is 0.239 e. The van der Waals surface area contributed by atoms with Crippen LogP contribution in [0.4, 0.5) is 5.13 Å². The van der Waals surface area contributed by atoms with Crippen molar-refractivity contribution in [1.29, 1.82) is 0 Å².